The number of nitrogens with zero attached hydrogens (tertiary/aromatic N) is 1. The van der Waals surface area contributed by atoms with E-state index in [1.165, 1.54) is 24.1 Å². The highest BCUT2D eigenvalue weighted by molar-refractivity contribution is 6.46. The Balaban J connectivity index is 1.57. The van der Waals surface area contributed by atoms with Gasteiger partial charge in [0.2, 0.25) is 0 Å². The summed E-state index contributed by atoms with van der Waals surface area (Å²) in [5.41, 5.74) is 1.76. The van der Waals surface area contributed by atoms with Gasteiger partial charge in [0.1, 0.15) is 24.7 Å². The molecule has 1 amide bonds. The van der Waals surface area contributed by atoms with E-state index in [1.807, 2.05) is 0 Å². The lowest BCUT2D eigenvalue weighted by atomic mass is 9.95. The van der Waals surface area contributed by atoms with Gasteiger partial charge in [-0.1, -0.05) is 24.3 Å². The first-order valence-corrected chi connectivity index (χ1v) is 11.5. The number of amides is 1. The van der Waals surface area contributed by atoms with Crippen LogP contribution >= 0.6 is 0 Å². The number of carbonyl (C=O) groups is 3. The monoisotopic (exact) mass is 501 g/mol. The highest BCUT2D eigenvalue weighted by Crippen LogP contribution is 2.42. The summed E-state index contributed by atoms with van der Waals surface area (Å²) in [6.07, 6.45) is 0. The van der Waals surface area contributed by atoms with Crippen LogP contribution in [0.25, 0.3) is 5.76 Å². The fourth-order valence-electron chi connectivity index (χ4n) is 4.45. The number of rotatable bonds is 5. The van der Waals surface area contributed by atoms with Gasteiger partial charge in [-0.3, -0.25) is 9.59 Å². The molecule has 0 radical (unpaired) electrons. The summed E-state index contributed by atoms with van der Waals surface area (Å²) in [4.78, 5) is 39.6. The third kappa shape index (κ3) is 4.47. The number of carbonyl (C=O) groups excluding carboxylic acids is 3. The third-order valence-electron chi connectivity index (χ3n) is 6.29. The number of likely N-dealkylation sites (tertiary alicyclic amines) is 1. The first-order chi connectivity index (χ1) is 17.9. The summed E-state index contributed by atoms with van der Waals surface area (Å²) < 4.78 is 15.9. The summed E-state index contributed by atoms with van der Waals surface area (Å²) in [5, 5.41) is 21.1. The largest absolute Gasteiger partial charge is 0.508 e. The third-order valence-corrected chi connectivity index (χ3v) is 6.29. The maximum absolute atomic E-state index is 13.3. The molecule has 2 aliphatic heterocycles. The number of phenolic OH excluding ortho intramolecular Hbond substituents is 1. The number of Topliss-reactive ketones (excluding diaryl/α,β-unsaturated/α-hetero) is 1. The summed E-state index contributed by atoms with van der Waals surface area (Å²) >= 11 is 0. The molecule has 9 heteroatoms. The molecule has 0 spiro atoms. The van der Waals surface area contributed by atoms with Crippen molar-refractivity contribution in [2.75, 3.05) is 20.3 Å². The van der Waals surface area contributed by atoms with E-state index in [0.717, 1.165) is 0 Å². The first-order valence-electron chi connectivity index (χ1n) is 11.5. The molecule has 1 fully saturated rings. The molecule has 0 bridgehead atoms. The van der Waals surface area contributed by atoms with Gasteiger partial charge < -0.3 is 29.3 Å². The number of ketones is 1. The molecule has 1 saturated heterocycles. The van der Waals surface area contributed by atoms with Crippen LogP contribution in [0.5, 0.6) is 17.2 Å². The van der Waals surface area contributed by atoms with Crippen molar-refractivity contribution in [2.45, 2.75) is 12.6 Å². The summed E-state index contributed by atoms with van der Waals surface area (Å²) in [5.74, 6) is -1.49. The molecule has 188 valence electrons. The smallest absolute Gasteiger partial charge is 0.337 e. The van der Waals surface area contributed by atoms with Crippen LogP contribution in [0.1, 0.15) is 33.1 Å². The van der Waals surface area contributed by atoms with Crippen LogP contribution in [0.2, 0.25) is 0 Å². The Morgan fingerprint density at radius 2 is 1.59 bits per heavy atom. The quantitative estimate of drug-likeness (QED) is 0.236. The molecular formula is C28H23NO8. The number of phenols is 1. The number of ether oxygens (including phenoxy) is 3. The number of esters is 1. The second-order valence-electron chi connectivity index (χ2n) is 8.57. The minimum Gasteiger partial charge on any atom is -0.508 e. The van der Waals surface area contributed by atoms with Gasteiger partial charge in [0.05, 0.1) is 24.3 Å². The van der Waals surface area contributed by atoms with Crippen LogP contribution in [-0.2, 0) is 20.9 Å². The summed E-state index contributed by atoms with van der Waals surface area (Å²) in [6, 6.07) is 16.4. The van der Waals surface area contributed by atoms with E-state index in [-0.39, 0.29) is 23.6 Å². The SMILES string of the molecule is COC(=O)c1ccc(CN2C(=O)C(=O)/C(=C(\O)c3ccc4c(c3)OCCO4)C2c2ccc(O)cc2)cc1. The zero-order valence-corrected chi connectivity index (χ0v) is 19.8. The minimum absolute atomic E-state index is 0.0194. The Labute approximate surface area is 212 Å². The van der Waals surface area contributed by atoms with E-state index in [2.05, 4.69) is 0 Å². The van der Waals surface area contributed by atoms with Crippen molar-refractivity contribution in [3.05, 3.63) is 94.6 Å². The summed E-state index contributed by atoms with van der Waals surface area (Å²) in [7, 11) is 1.29. The molecule has 0 aromatic heterocycles. The molecule has 1 unspecified atom stereocenters. The predicted octanol–water partition coefficient (Wildman–Crippen LogP) is 3.57. The van der Waals surface area contributed by atoms with Crippen LogP contribution in [0.15, 0.2) is 72.3 Å². The number of fused-ring (bicyclic) bond motifs is 1. The molecule has 1 atom stereocenters. The standard InChI is InChI=1S/C28H23NO8/c1-35-28(34)18-4-2-16(3-5-18)15-29-24(17-6-9-20(30)10-7-17)23(26(32)27(29)33)25(31)19-8-11-21-22(14-19)37-13-12-36-21/h2-11,14,24,30-31H,12-13,15H2,1H3/b25-23-. The van der Waals surface area contributed by atoms with E-state index >= 15 is 0 Å². The van der Waals surface area contributed by atoms with Crippen LogP contribution in [-0.4, -0.2) is 53.1 Å². The lowest BCUT2D eigenvalue weighted by Gasteiger charge is -2.25. The molecule has 9 nitrogen and oxygen atoms in total. The number of aliphatic hydroxyl groups is 1. The van der Waals surface area contributed by atoms with Gasteiger partial charge in [-0.2, -0.15) is 0 Å². The number of methoxy groups -OCH3 is 1. The fraction of sp³-hybridized carbons (Fsp3) is 0.179. The first kappa shape index (κ1) is 23.9. The van der Waals surface area contributed by atoms with Crippen LogP contribution in [0, 0.1) is 0 Å². The van der Waals surface area contributed by atoms with E-state index in [0.29, 0.717) is 47.0 Å². The number of benzene rings is 3. The molecular weight excluding hydrogens is 478 g/mol. The molecule has 0 aliphatic carbocycles. The molecule has 0 saturated carbocycles. The van der Waals surface area contributed by atoms with E-state index in [9.17, 15) is 24.6 Å². The van der Waals surface area contributed by atoms with Gasteiger partial charge in [0.15, 0.2) is 11.5 Å². The molecule has 37 heavy (non-hydrogen) atoms. The molecule has 5 rings (SSSR count). The van der Waals surface area contributed by atoms with Crippen molar-refractivity contribution in [1.29, 1.82) is 0 Å². The van der Waals surface area contributed by atoms with Crippen LogP contribution in [0.3, 0.4) is 0 Å². The second kappa shape index (κ2) is 9.69. The molecule has 3 aromatic carbocycles. The van der Waals surface area contributed by atoms with Crippen molar-refractivity contribution in [3.8, 4) is 17.2 Å². The van der Waals surface area contributed by atoms with Gasteiger partial charge in [-0.15, -0.1) is 0 Å². The number of hydrogen-bond acceptors (Lipinski definition) is 8. The number of hydrogen-bond donors (Lipinski definition) is 2. The Morgan fingerprint density at radius 3 is 2.27 bits per heavy atom. The fourth-order valence-corrected chi connectivity index (χ4v) is 4.45. The van der Waals surface area contributed by atoms with Crippen LogP contribution in [0.4, 0.5) is 0 Å². The van der Waals surface area contributed by atoms with Crippen molar-refractivity contribution in [2.24, 2.45) is 0 Å². The molecule has 3 aromatic rings. The van der Waals surface area contributed by atoms with E-state index in [1.54, 1.807) is 54.6 Å². The highest BCUT2D eigenvalue weighted by Gasteiger charge is 2.46. The Morgan fingerprint density at radius 1 is 0.946 bits per heavy atom. The number of aromatic hydroxyl groups is 1. The lowest BCUT2D eigenvalue weighted by molar-refractivity contribution is -0.140. The zero-order chi connectivity index (χ0) is 26.1. The predicted molar refractivity (Wildman–Crippen MR) is 131 cm³/mol. The zero-order valence-electron chi connectivity index (χ0n) is 19.8. The highest BCUT2D eigenvalue weighted by atomic mass is 16.6. The summed E-state index contributed by atoms with van der Waals surface area (Å²) in [6.45, 7) is 0.796. The Kier molecular flexibility index (Phi) is 6.27. The van der Waals surface area contributed by atoms with Gasteiger partial charge in [-0.05, 0) is 53.6 Å². The van der Waals surface area contributed by atoms with E-state index < -0.39 is 23.7 Å². The van der Waals surface area contributed by atoms with Gasteiger partial charge in [-0.25, -0.2) is 4.79 Å². The average molecular weight is 501 g/mol. The average Bonchev–Trinajstić information content (AvgIpc) is 3.17. The van der Waals surface area contributed by atoms with Crippen LogP contribution < -0.4 is 9.47 Å². The van der Waals surface area contributed by atoms with Crippen molar-refractivity contribution in [3.63, 3.8) is 0 Å². The topological polar surface area (TPSA) is 123 Å². The van der Waals surface area contributed by atoms with Gasteiger partial charge in [0, 0.05) is 12.1 Å². The van der Waals surface area contributed by atoms with Crippen molar-refractivity contribution in [1.82, 2.24) is 4.90 Å². The molecule has 2 N–H and O–H groups in total. The maximum atomic E-state index is 13.3. The molecule has 2 heterocycles. The lowest BCUT2D eigenvalue weighted by Crippen LogP contribution is -2.29. The maximum Gasteiger partial charge on any atom is 0.337 e. The van der Waals surface area contributed by atoms with E-state index in [4.69, 9.17) is 14.2 Å². The molecule has 2 aliphatic rings. The van der Waals surface area contributed by atoms with Crippen molar-refractivity contribution < 1.29 is 38.8 Å². The van der Waals surface area contributed by atoms with Gasteiger partial charge in [0.25, 0.3) is 11.7 Å². The Hall–Kier alpha value is -4.79. The number of aliphatic hydroxyl groups excluding tert-OH is 1. The minimum atomic E-state index is -0.922. The second-order valence-corrected chi connectivity index (χ2v) is 8.57. The van der Waals surface area contributed by atoms with Crippen molar-refractivity contribution >= 4 is 23.4 Å². The van der Waals surface area contributed by atoms with Gasteiger partial charge >= 0.3 is 5.97 Å². The Bertz CT molecular complexity index is 1410. The normalized spacial score (nSPS) is 18.1.